The van der Waals surface area contributed by atoms with Gasteiger partial charge in [-0.05, 0) is 42.9 Å². The fraction of sp³-hybridized carbons (Fsp3) is 0.882. The van der Waals surface area contributed by atoms with Crippen molar-refractivity contribution in [3.63, 3.8) is 0 Å². The Morgan fingerprint density at radius 3 is 2.45 bits per heavy atom. The van der Waals surface area contributed by atoms with Crippen LogP contribution >= 0.6 is 0 Å². The van der Waals surface area contributed by atoms with Crippen molar-refractivity contribution in [3.05, 3.63) is 0 Å². The minimum atomic E-state index is -0.0934. The van der Waals surface area contributed by atoms with Gasteiger partial charge in [0.2, 0.25) is 11.8 Å². The van der Waals surface area contributed by atoms with Crippen LogP contribution < -0.4 is 5.32 Å². The highest BCUT2D eigenvalue weighted by atomic mass is 16.2. The molecule has 0 spiro atoms. The van der Waals surface area contributed by atoms with E-state index in [1.807, 2.05) is 0 Å². The van der Waals surface area contributed by atoms with Crippen LogP contribution in [-0.4, -0.2) is 11.8 Å². The van der Waals surface area contributed by atoms with Crippen LogP contribution in [0.3, 0.4) is 0 Å². The molecule has 0 aromatic rings. The summed E-state index contributed by atoms with van der Waals surface area (Å²) in [4.78, 5) is 24.5. The first kappa shape index (κ1) is 15.5. The normalized spacial score (nSPS) is 33.2. The number of carbonyl (C=O) groups excluding carboxylic acids is 2. The molecule has 1 N–H and O–H groups in total. The summed E-state index contributed by atoms with van der Waals surface area (Å²) in [5.74, 6) is 1.08. The molecule has 3 nitrogen and oxygen atoms in total. The third kappa shape index (κ3) is 2.91. The van der Waals surface area contributed by atoms with Gasteiger partial charge in [-0.3, -0.25) is 14.9 Å². The Labute approximate surface area is 122 Å². The Bertz CT molecular complexity index is 373. The lowest BCUT2D eigenvalue weighted by Crippen LogP contribution is -2.54. The van der Waals surface area contributed by atoms with Crippen LogP contribution in [-0.2, 0) is 9.59 Å². The minimum Gasteiger partial charge on any atom is -0.296 e. The molecule has 1 saturated carbocycles. The van der Waals surface area contributed by atoms with Gasteiger partial charge >= 0.3 is 0 Å². The van der Waals surface area contributed by atoms with Crippen molar-refractivity contribution in [2.75, 3.05) is 0 Å². The largest absolute Gasteiger partial charge is 0.296 e. The number of hydrogen-bond donors (Lipinski definition) is 1. The fourth-order valence-corrected chi connectivity index (χ4v) is 4.50. The molecule has 3 atom stereocenters. The maximum absolute atomic E-state index is 12.5. The summed E-state index contributed by atoms with van der Waals surface area (Å²) in [6.07, 6.45) is 8.42. The Kier molecular flexibility index (Phi) is 4.87. The standard InChI is InChI=1S/C17H29NO2/c1-4-12(3)10-17(5-2)11-14(19)18-16(20)15(17)13-8-6-7-9-13/h12-13,15H,4-11H2,1-3H3,(H,18,19,20). The Hall–Kier alpha value is -0.860. The van der Waals surface area contributed by atoms with Crippen LogP contribution in [0.15, 0.2) is 0 Å². The SMILES string of the molecule is CCC(C)CC1(CC)CC(=O)NC(=O)C1C1CCCC1. The predicted molar refractivity (Wildman–Crippen MR) is 80.0 cm³/mol. The van der Waals surface area contributed by atoms with Crippen molar-refractivity contribution in [1.82, 2.24) is 5.32 Å². The lowest BCUT2D eigenvalue weighted by molar-refractivity contribution is -0.147. The zero-order valence-corrected chi connectivity index (χ0v) is 13.2. The molecule has 1 aliphatic heterocycles. The highest BCUT2D eigenvalue weighted by Gasteiger charge is 2.51. The predicted octanol–water partition coefficient (Wildman–Crippen LogP) is 3.67. The van der Waals surface area contributed by atoms with Crippen LogP contribution in [0.4, 0.5) is 0 Å². The molecule has 20 heavy (non-hydrogen) atoms. The Morgan fingerprint density at radius 1 is 1.25 bits per heavy atom. The van der Waals surface area contributed by atoms with E-state index in [0.29, 0.717) is 18.3 Å². The molecule has 1 heterocycles. The summed E-state index contributed by atoms with van der Waals surface area (Å²) in [6, 6.07) is 0. The molecule has 2 amide bonds. The number of rotatable bonds is 5. The fourth-order valence-electron chi connectivity index (χ4n) is 4.50. The quantitative estimate of drug-likeness (QED) is 0.780. The van der Waals surface area contributed by atoms with E-state index in [-0.39, 0.29) is 23.1 Å². The molecule has 1 aliphatic carbocycles. The van der Waals surface area contributed by atoms with Crippen molar-refractivity contribution in [2.45, 2.75) is 72.1 Å². The number of carbonyl (C=O) groups is 2. The maximum atomic E-state index is 12.5. The summed E-state index contributed by atoms with van der Waals surface area (Å²) in [7, 11) is 0. The summed E-state index contributed by atoms with van der Waals surface area (Å²) in [5, 5.41) is 2.61. The van der Waals surface area contributed by atoms with Crippen LogP contribution in [0.25, 0.3) is 0 Å². The first-order valence-corrected chi connectivity index (χ1v) is 8.36. The van der Waals surface area contributed by atoms with Crippen LogP contribution in [0.5, 0.6) is 0 Å². The molecule has 2 rings (SSSR count). The second kappa shape index (κ2) is 6.28. The monoisotopic (exact) mass is 279 g/mol. The second-order valence-corrected chi connectivity index (χ2v) is 7.04. The first-order chi connectivity index (χ1) is 9.52. The summed E-state index contributed by atoms with van der Waals surface area (Å²) in [6.45, 7) is 6.61. The van der Waals surface area contributed by atoms with Gasteiger partial charge in [0.1, 0.15) is 0 Å². The third-order valence-corrected chi connectivity index (χ3v) is 5.74. The van der Waals surface area contributed by atoms with Gasteiger partial charge in [0, 0.05) is 12.3 Å². The van der Waals surface area contributed by atoms with Crippen LogP contribution in [0, 0.1) is 23.2 Å². The smallest absolute Gasteiger partial charge is 0.230 e. The molecule has 1 saturated heterocycles. The lowest BCUT2D eigenvalue weighted by Gasteiger charge is -2.46. The van der Waals surface area contributed by atoms with Crippen LogP contribution in [0.1, 0.15) is 72.1 Å². The minimum absolute atomic E-state index is 0.0123. The first-order valence-electron chi connectivity index (χ1n) is 8.36. The van der Waals surface area contributed by atoms with Crippen LogP contribution in [0.2, 0.25) is 0 Å². The molecule has 0 radical (unpaired) electrons. The Balaban J connectivity index is 2.29. The van der Waals surface area contributed by atoms with E-state index in [2.05, 4.69) is 26.1 Å². The van der Waals surface area contributed by atoms with Crippen molar-refractivity contribution in [2.24, 2.45) is 23.2 Å². The van der Waals surface area contributed by atoms with Crippen molar-refractivity contribution in [1.29, 1.82) is 0 Å². The number of piperidine rings is 1. The molecule has 2 aliphatic rings. The van der Waals surface area contributed by atoms with Crippen molar-refractivity contribution in [3.8, 4) is 0 Å². The zero-order chi connectivity index (χ0) is 14.8. The topological polar surface area (TPSA) is 46.2 Å². The molecule has 0 bridgehead atoms. The van der Waals surface area contributed by atoms with E-state index in [4.69, 9.17) is 0 Å². The molecular weight excluding hydrogens is 250 g/mol. The average Bonchev–Trinajstić information content (AvgIpc) is 2.91. The number of amides is 2. The van der Waals surface area contributed by atoms with Gasteiger partial charge in [-0.1, -0.05) is 40.0 Å². The highest BCUT2D eigenvalue weighted by molar-refractivity contribution is 5.99. The van der Waals surface area contributed by atoms with Gasteiger partial charge < -0.3 is 0 Å². The van der Waals surface area contributed by atoms with E-state index >= 15 is 0 Å². The van der Waals surface area contributed by atoms with Gasteiger partial charge in [-0.15, -0.1) is 0 Å². The molecule has 0 aromatic carbocycles. The van der Waals surface area contributed by atoms with Gasteiger partial charge in [0.05, 0.1) is 0 Å². The molecule has 3 heteroatoms. The average molecular weight is 279 g/mol. The molecular formula is C17H29NO2. The van der Waals surface area contributed by atoms with Gasteiger partial charge in [0.25, 0.3) is 0 Å². The Morgan fingerprint density at radius 2 is 1.90 bits per heavy atom. The number of hydrogen-bond acceptors (Lipinski definition) is 2. The summed E-state index contributed by atoms with van der Waals surface area (Å²) < 4.78 is 0. The maximum Gasteiger partial charge on any atom is 0.230 e. The number of imide groups is 1. The van der Waals surface area contributed by atoms with E-state index in [9.17, 15) is 9.59 Å². The summed E-state index contributed by atoms with van der Waals surface area (Å²) in [5.41, 5.74) is -0.0934. The van der Waals surface area contributed by atoms with Gasteiger partial charge in [-0.2, -0.15) is 0 Å². The molecule has 3 unspecified atom stereocenters. The van der Waals surface area contributed by atoms with Gasteiger partial charge in [0.15, 0.2) is 0 Å². The number of nitrogens with one attached hydrogen (secondary N) is 1. The van der Waals surface area contributed by atoms with E-state index in [1.165, 1.54) is 12.8 Å². The lowest BCUT2D eigenvalue weighted by atomic mass is 9.59. The second-order valence-electron chi connectivity index (χ2n) is 7.04. The van der Waals surface area contributed by atoms with Crippen molar-refractivity contribution < 1.29 is 9.59 Å². The van der Waals surface area contributed by atoms with Crippen molar-refractivity contribution >= 4 is 11.8 Å². The third-order valence-electron chi connectivity index (χ3n) is 5.74. The van der Waals surface area contributed by atoms with E-state index < -0.39 is 0 Å². The summed E-state index contributed by atoms with van der Waals surface area (Å²) >= 11 is 0. The van der Waals surface area contributed by atoms with E-state index in [1.54, 1.807) is 0 Å². The zero-order valence-electron chi connectivity index (χ0n) is 13.2. The molecule has 0 aromatic heterocycles. The van der Waals surface area contributed by atoms with Gasteiger partial charge in [-0.25, -0.2) is 0 Å². The molecule has 2 fully saturated rings. The van der Waals surface area contributed by atoms with E-state index in [0.717, 1.165) is 32.1 Å². The highest BCUT2D eigenvalue weighted by Crippen LogP contribution is 2.50. The molecule has 114 valence electrons.